The van der Waals surface area contributed by atoms with E-state index in [1.165, 1.54) is 218 Å². The molecule has 0 rings (SSSR count). The van der Waals surface area contributed by atoms with Crippen LogP contribution in [0.3, 0.4) is 0 Å². The Kier molecular flexibility index (Phi) is 67.7. The Balaban J connectivity index is 4.25. The van der Waals surface area contributed by atoms with Crippen LogP contribution in [-0.2, 0) is 28.6 Å². The second kappa shape index (κ2) is 70.8. The molecule has 6 heteroatoms. The summed E-state index contributed by atoms with van der Waals surface area (Å²) in [5.74, 6) is -0.973. The average Bonchev–Trinajstić information content (AvgIpc) is 3.49. The number of carbonyl (C=O) groups excluding carboxylic acids is 3. The number of ether oxygens (including phenoxy) is 3. The van der Waals surface area contributed by atoms with E-state index in [-0.39, 0.29) is 37.5 Å². The topological polar surface area (TPSA) is 78.9 Å². The van der Waals surface area contributed by atoms with Gasteiger partial charge >= 0.3 is 17.9 Å². The molecule has 0 saturated heterocycles. The lowest BCUT2D eigenvalue weighted by Crippen LogP contribution is -2.30. The molecule has 0 bridgehead atoms. The Hall–Kier alpha value is -3.67. The van der Waals surface area contributed by atoms with Crippen LogP contribution in [0.25, 0.3) is 0 Å². The molecule has 0 saturated carbocycles. The third-order valence-electron chi connectivity index (χ3n) is 15.6. The molecule has 0 heterocycles. The lowest BCUT2D eigenvalue weighted by atomic mass is 10.0. The quantitative estimate of drug-likeness (QED) is 0.0261. The molecular weight excluding hydrogens is 1020 g/mol. The largest absolute Gasteiger partial charge is 0.462 e. The van der Waals surface area contributed by atoms with E-state index < -0.39 is 6.10 Å². The molecule has 0 radical (unpaired) electrons. The molecule has 0 aliphatic rings. The van der Waals surface area contributed by atoms with Gasteiger partial charge in [0, 0.05) is 19.3 Å². The van der Waals surface area contributed by atoms with E-state index in [9.17, 15) is 14.4 Å². The molecular formula is C77H134O6. The summed E-state index contributed by atoms with van der Waals surface area (Å²) in [5, 5.41) is 0. The molecule has 0 aliphatic heterocycles. The highest BCUT2D eigenvalue weighted by molar-refractivity contribution is 5.71. The molecule has 0 N–H and O–H groups in total. The minimum atomic E-state index is -0.810. The zero-order chi connectivity index (χ0) is 59.9. The van der Waals surface area contributed by atoms with Crippen molar-refractivity contribution in [1.82, 2.24) is 0 Å². The molecule has 1 unspecified atom stereocenters. The van der Waals surface area contributed by atoms with Crippen LogP contribution in [0.15, 0.2) is 97.2 Å². The van der Waals surface area contributed by atoms with Gasteiger partial charge in [-0.1, -0.05) is 349 Å². The van der Waals surface area contributed by atoms with Crippen LogP contribution in [0.5, 0.6) is 0 Å². The second-order valence-electron chi connectivity index (χ2n) is 23.7. The number of esters is 3. The molecule has 0 aromatic rings. The van der Waals surface area contributed by atoms with Gasteiger partial charge in [0.1, 0.15) is 13.2 Å². The predicted octanol–water partition coefficient (Wildman–Crippen LogP) is 24.8. The summed E-state index contributed by atoms with van der Waals surface area (Å²) in [6.45, 7) is 6.39. The van der Waals surface area contributed by atoms with Gasteiger partial charge in [-0.05, 0) is 83.5 Å². The number of rotatable bonds is 65. The Morgan fingerprint density at radius 1 is 0.253 bits per heavy atom. The maximum atomic E-state index is 12.9. The van der Waals surface area contributed by atoms with E-state index in [1.807, 2.05) is 6.08 Å². The molecule has 0 aromatic carbocycles. The highest BCUT2D eigenvalue weighted by Crippen LogP contribution is 2.18. The number of allylic oxidation sites excluding steroid dienone is 16. The van der Waals surface area contributed by atoms with Crippen molar-refractivity contribution in [2.75, 3.05) is 13.2 Å². The van der Waals surface area contributed by atoms with E-state index in [2.05, 4.69) is 112 Å². The van der Waals surface area contributed by atoms with Crippen LogP contribution < -0.4 is 0 Å². The van der Waals surface area contributed by atoms with Gasteiger partial charge in [-0.25, -0.2) is 0 Å². The summed E-state index contributed by atoms with van der Waals surface area (Å²) in [6, 6.07) is 0. The van der Waals surface area contributed by atoms with Crippen LogP contribution >= 0.6 is 0 Å². The van der Waals surface area contributed by atoms with E-state index in [0.29, 0.717) is 19.3 Å². The van der Waals surface area contributed by atoms with E-state index in [0.717, 1.165) is 89.9 Å². The van der Waals surface area contributed by atoms with Crippen LogP contribution in [0.2, 0.25) is 0 Å². The van der Waals surface area contributed by atoms with Crippen LogP contribution in [-0.4, -0.2) is 37.2 Å². The first-order valence-electron chi connectivity index (χ1n) is 35.7. The Bertz CT molecular complexity index is 1610. The van der Waals surface area contributed by atoms with Crippen LogP contribution in [0.1, 0.15) is 355 Å². The lowest BCUT2D eigenvalue weighted by Gasteiger charge is -2.18. The summed E-state index contributed by atoms with van der Waals surface area (Å²) in [6.07, 6.45) is 96.1. The predicted molar refractivity (Wildman–Crippen MR) is 362 cm³/mol. The number of hydrogen-bond donors (Lipinski definition) is 0. The molecule has 83 heavy (non-hydrogen) atoms. The van der Waals surface area contributed by atoms with E-state index in [1.54, 1.807) is 0 Å². The van der Waals surface area contributed by atoms with E-state index >= 15 is 0 Å². The van der Waals surface area contributed by atoms with Crippen LogP contribution in [0, 0.1) is 0 Å². The zero-order valence-corrected chi connectivity index (χ0v) is 54.9. The fourth-order valence-corrected chi connectivity index (χ4v) is 10.3. The smallest absolute Gasteiger partial charge is 0.306 e. The molecule has 0 amide bonds. The monoisotopic (exact) mass is 1160 g/mol. The Morgan fingerprint density at radius 2 is 0.494 bits per heavy atom. The molecule has 1 atom stereocenters. The molecule has 6 nitrogen and oxygen atoms in total. The Morgan fingerprint density at radius 3 is 0.807 bits per heavy atom. The molecule has 0 spiro atoms. The van der Waals surface area contributed by atoms with Crippen molar-refractivity contribution in [3.05, 3.63) is 97.2 Å². The first kappa shape index (κ1) is 79.3. The third kappa shape index (κ3) is 69.0. The van der Waals surface area contributed by atoms with Gasteiger partial charge in [-0.3, -0.25) is 14.4 Å². The third-order valence-corrected chi connectivity index (χ3v) is 15.6. The van der Waals surface area contributed by atoms with Crippen molar-refractivity contribution in [1.29, 1.82) is 0 Å². The normalized spacial score (nSPS) is 12.7. The van der Waals surface area contributed by atoms with Crippen molar-refractivity contribution in [3.8, 4) is 0 Å². The average molecular weight is 1160 g/mol. The highest BCUT2D eigenvalue weighted by atomic mass is 16.6. The molecule has 478 valence electrons. The molecule has 0 aromatic heterocycles. The van der Waals surface area contributed by atoms with Gasteiger partial charge in [0.25, 0.3) is 0 Å². The summed E-state index contributed by atoms with van der Waals surface area (Å²) >= 11 is 0. The molecule has 0 fully saturated rings. The van der Waals surface area contributed by atoms with Crippen molar-refractivity contribution in [2.45, 2.75) is 361 Å². The fourth-order valence-electron chi connectivity index (χ4n) is 10.3. The maximum Gasteiger partial charge on any atom is 0.306 e. The second-order valence-corrected chi connectivity index (χ2v) is 23.7. The fraction of sp³-hybridized carbons (Fsp3) is 0.753. The van der Waals surface area contributed by atoms with Crippen molar-refractivity contribution >= 4 is 17.9 Å². The summed E-state index contributed by atoms with van der Waals surface area (Å²) in [7, 11) is 0. The summed E-state index contributed by atoms with van der Waals surface area (Å²) in [4.78, 5) is 38.4. The summed E-state index contributed by atoms with van der Waals surface area (Å²) in [5.41, 5.74) is 0. The van der Waals surface area contributed by atoms with Crippen molar-refractivity contribution in [2.24, 2.45) is 0 Å². The van der Waals surface area contributed by atoms with Gasteiger partial charge in [0.15, 0.2) is 6.10 Å². The van der Waals surface area contributed by atoms with E-state index in [4.69, 9.17) is 14.2 Å². The first-order valence-corrected chi connectivity index (χ1v) is 35.7. The van der Waals surface area contributed by atoms with Gasteiger partial charge in [0.2, 0.25) is 0 Å². The standard InChI is InChI=1S/C77H134O6/c1-4-7-10-13-16-19-22-25-27-29-31-33-35-36-37-38-39-40-42-43-45-47-49-52-55-58-61-64-67-70-76(79)82-73-74(72-81-75(78)69-66-63-60-57-54-51-24-21-18-15-12-9-6-3)83-77(80)71-68-65-62-59-56-53-50-48-46-44-41-34-32-30-28-26-23-20-17-14-11-8-5-2/h8-9,11-12,17-18,20-21,26,28,32,34,51,54,60,63,74H,4-7,10,13-16,19,22-25,27,29-31,33,35-50,52-53,55-59,61-62,64-73H2,1-3H3/b11-8-,12-9-,20-17-,21-18-,28-26-,34-32-,54-51-,63-60-. The first-order chi connectivity index (χ1) is 41.0. The number of hydrogen-bond acceptors (Lipinski definition) is 6. The lowest BCUT2D eigenvalue weighted by molar-refractivity contribution is -0.166. The minimum Gasteiger partial charge on any atom is -0.462 e. The number of unbranched alkanes of at least 4 members (excludes halogenated alkanes) is 38. The van der Waals surface area contributed by atoms with Gasteiger partial charge < -0.3 is 14.2 Å². The summed E-state index contributed by atoms with van der Waals surface area (Å²) < 4.78 is 16.9. The maximum absolute atomic E-state index is 12.9. The SMILES string of the molecule is CC/C=C\C/C=C\C/C=C\C/C=C\CCCCCCCCCCCCC(=O)OC(COC(=O)CC/C=C\C/C=C\C/C=C\C/C=C\CC)COC(=O)CCCCCCCCCCCCCCCCCCCCCCCCCCCCCCC. The number of carbonyl (C=O) groups is 3. The van der Waals surface area contributed by atoms with Gasteiger partial charge in [-0.2, -0.15) is 0 Å². The van der Waals surface area contributed by atoms with Gasteiger partial charge in [-0.15, -0.1) is 0 Å². The van der Waals surface area contributed by atoms with Crippen molar-refractivity contribution < 1.29 is 28.6 Å². The van der Waals surface area contributed by atoms with Crippen LogP contribution in [0.4, 0.5) is 0 Å². The van der Waals surface area contributed by atoms with Crippen molar-refractivity contribution in [3.63, 3.8) is 0 Å². The molecule has 0 aliphatic carbocycles. The van der Waals surface area contributed by atoms with Gasteiger partial charge in [0.05, 0.1) is 0 Å². The minimum absolute atomic E-state index is 0.0985. The zero-order valence-electron chi connectivity index (χ0n) is 54.9. The highest BCUT2D eigenvalue weighted by Gasteiger charge is 2.19. The Labute approximate surface area is 515 Å².